The maximum absolute atomic E-state index is 4.20. The molecule has 3 aliphatic carbocycles. The lowest BCUT2D eigenvalue weighted by atomic mass is 9.53. The molecule has 0 aromatic carbocycles. The van der Waals surface area contributed by atoms with E-state index in [2.05, 4.69) is 74.6 Å². The van der Waals surface area contributed by atoms with Gasteiger partial charge in [-0.05, 0) is 118 Å². The van der Waals surface area contributed by atoms with Gasteiger partial charge in [0.2, 0.25) is 0 Å². The molecular formula is C33H58. The lowest BCUT2D eigenvalue weighted by Crippen LogP contribution is -2.42. The molecule has 0 radical (unpaired) electrons. The van der Waals surface area contributed by atoms with E-state index in [4.69, 9.17) is 0 Å². The molecule has 0 saturated heterocycles. The average Bonchev–Trinajstić information content (AvgIpc) is 2.96. The fraction of sp³-hybridized carbons (Fsp3) is 0.758. The Morgan fingerprint density at radius 2 is 1.70 bits per heavy atom. The lowest BCUT2D eigenvalue weighted by molar-refractivity contribution is 0.0436. The predicted octanol–water partition coefficient (Wildman–Crippen LogP) is 11.1. The molecule has 5 unspecified atom stereocenters. The number of hydrogen-bond donors (Lipinski definition) is 0. The van der Waals surface area contributed by atoms with Crippen LogP contribution in [-0.4, -0.2) is 0 Å². The Morgan fingerprint density at radius 1 is 1.12 bits per heavy atom. The molecule has 2 saturated carbocycles. The second-order valence-corrected chi connectivity index (χ2v) is 12.1. The van der Waals surface area contributed by atoms with Gasteiger partial charge in [-0.25, -0.2) is 0 Å². The predicted molar refractivity (Wildman–Crippen MR) is 152 cm³/mol. The van der Waals surface area contributed by atoms with Crippen molar-refractivity contribution in [3.63, 3.8) is 0 Å². The number of hydrogen-bond acceptors (Lipinski definition) is 0. The molecule has 0 amide bonds. The van der Waals surface area contributed by atoms with Crippen molar-refractivity contribution in [2.45, 2.75) is 128 Å². The molecule has 2 fully saturated rings. The summed E-state index contributed by atoms with van der Waals surface area (Å²) in [6.07, 6.45) is 13.1. The van der Waals surface area contributed by atoms with Crippen LogP contribution >= 0.6 is 0 Å². The molecule has 3 aliphatic rings. The topological polar surface area (TPSA) is 0 Å². The third kappa shape index (κ3) is 6.76. The Kier molecular flexibility index (Phi) is 11.5. The molecule has 0 heteroatoms. The first-order valence-corrected chi connectivity index (χ1v) is 14.0. The van der Waals surface area contributed by atoms with Gasteiger partial charge >= 0.3 is 0 Å². The standard InChI is InChI=1S/C26H42.C5H10.C2H6/c1-17(2)21(6)18(3)12-13-24-20(5)14-25(7)16-23-19(4)10-9-11-22(23)15-26(24,25)8;1-4-5(2)3;1-2/h11,18,20-21,24H,1,9-10,12-16H2,2-8H3;2,4H2,1,3H3;1-2H3/t18?,20-,21?,24?,25?,26?;;/m1../s1. The summed E-state index contributed by atoms with van der Waals surface area (Å²) in [6, 6.07) is 0. The van der Waals surface area contributed by atoms with Crippen molar-refractivity contribution < 1.29 is 0 Å². The molecule has 0 heterocycles. The van der Waals surface area contributed by atoms with Crippen LogP contribution in [0.4, 0.5) is 0 Å². The minimum atomic E-state index is 0.478. The Morgan fingerprint density at radius 3 is 2.21 bits per heavy atom. The van der Waals surface area contributed by atoms with Gasteiger partial charge in [0.1, 0.15) is 0 Å². The number of allylic oxidation sites excluding steroid dienone is 6. The Balaban J connectivity index is 0.000000689. The quantitative estimate of drug-likeness (QED) is 0.350. The summed E-state index contributed by atoms with van der Waals surface area (Å²) in [6.45, 7) is 33.2. The zero-order valence-corrected chi connectivity index (χ0v) is 24.5. The van der Waals surface area contributed by atoms with Gasteiger partial charge in [0.15, 0.2) is 0 Å². The first kappa shape index (κ1) is 30.0. The highest BCUT2D eigenvalue weighted by molar-refractivity contribution is 5.43. The average molecular weight is 455 g/mol. The van der Waals surface area contributed by atoms with Gasteiger partial charge < -0.3 is 0 Å². The van der Waals surface area contributed by atoms with Crippen molar-refractivity contribution in [1.82, 2.24) is 0 Å². The minimum Gasteiger partial charge on any atom is -0.100 e. The summed E-state index contributed by atoms with van der Waals surface area (Å²) < 4.78 is 0. The van der Waals surface area contributed by atoms with Crippen LogP contribution in [-0.2, 0) is 0 Å². The van der Waals surface area contributed by atoms with Gasteiger partial charge in [-0.1, -0.05) is 84.8 Å². The Labute approximate surface area is 209 Å². The molecule has 3 rings (SSSR count). The van der Waals surface area contributed by atoms with Crippen LogP contribution in [0.3, 0.4) is 0 Å². The van der Waals surface area contributed by atoms with E-state index in [1.54, 1.807) is 16.7 Å². The SMILES string of the molecule is C=C(C)C(C)C(C)CCC1[C@H](C)CC2(C)CC3=C(C)CCC=C3CC12C.C=C(C)CC.CC. The van der Waals surface area contributed by atoms with E-state index in [9.17, 15) is 0 Å². The fourth-order valence-electron chi connectivity index (χ4n) is 6.80. The molecule has 33 heavy (non-hydrogen) atoms. The van der Waals surface area contributed by atoms with Crippen LogP contribution in [0, 0.1) is 34.5 Å². The first-order chi connectivity index (χ1) is 15.4. The highest BCUT2D eigenvalue weighted by Crippen LogP contribution is 2.68. The highest BCUT2D eigenvalue weighted by Gasteiger charge is 2.59. The normalized spacial score (nSPS) is 32.2. The van der Waals surface area contributed by atoms with Crippen LogP contribution in [0.2, 0.25) is 0 Å². The van der Waals surface area contributed by atoms with E-state index in [0.29, 0.717) is 16.7 Å². The second kappa shape index (κ2) is 12.6. The van der Waals surface area contributed by atoms with E-state index in [0.717, 1.165) is 24.2 Å². The first-order valence-electron chi connectivity index (χ1n) is 14.0. The summed E-state index contributed by atoms with van der Waals surface area (Å²) >= 11 is 0. The van der Waals surface area contributed by atoms with Crippen LogP contribution in [0.5, 0.6) is 0 Å². The van der Waals surface area contributed by atoms with Gasteiger partial charge in [0.05, 0.1) is 0 Å². The largest absolute Gasteiger partial charge is 0.100 e. The summed E-state index contributed by atoms with van der Waals surface area (Å²) in [7, 11) is 0. The van der Waals surface area contributed by atoms with Crippen LogP contribution in [0.1, 0.15) is 128 Å². The highest BCUT2D eigenvalue weighted by atomic mass is 14.6. The van der Waals surface area contributed by atoms with Crippen LogP contribution in [0.25, 0.3) is 0 Å². The van der Waals surface area contributed by atoms with Gasteiger partial charge in [-0.15, -0.1) is 6.58 Å². The van der Waals surface area contributed by atoms with Crippen molar-refractivity contribution in [3.8, 4) is 0 Å². The summed E-state index contributed by atoms with van der Waals surface area (Å²) in [5.74, 6) is 3.14. The molecule has 0 spiro atoms. The zero-order chi connectivity index (χ0) is 25.6. The van der Waals surface area contributed by atoms with Crippen molar-refractivity contribution in [2.24, 2.45) is 34.5 Å². The summed E-state index contributed by atoms with van der Waals surface area (Å²) in [5.41, 5.74) is 8.72. The summed E-state index contributed by atoms with van der Waals surface area (Å²) in [5, 5.41) is 0. The monoisotopic (exact) mass is 454 g/mol. The molecule has 0 nitrogen and oxygen atoms in total. The minimum absolute atomic E-state index is 0.478. The molecule has 0 aromatic rings. The molecule has 0 N–H and O–H groups in total. The van der Waals surface area contributed by atoms with Gasteiger partial charge in [-0.2, -0.15) is 0 Å². The van der Waals surface area contributed by atoms with Crippen molar-refractivity contribution in [3.05, 3.63) is 47.1 Å². The van der Waals surface area contributed by atoms with Crippen molar-refractivity contribution in [2.75, 3.05) is 0 Å². The van der Waals surface area contributed by atoms with Gasteiger partial charge in [-0.3, -0.25) is 0 Å². The van der Waals surface area contributed by atoms with Gasteiger partial charge in [0, 0.05) is 0 Å². The van der Waals surface area contributed by atoms with E-state index < -0.39 is 0 Å². The molecular weight excluding hydrogens is 396 g/mol. The van der Waals surface area contributed by atoms with E-state index in [-0.39, 0.29) is 0 Å². The van der Waals surface area contributed by atoms with E-state index >= 15 is 0 Å². The molecule has 6 atom stereocenters. The molecule has 0 bridgehead atoms. The summed E-state index contributed by atoms with van der Waals surface area (Å²) in [4.78, 5) is 0. The van der Waals surface area contributed by atoms with Crippen molar-refractivity contribution >= 4 is 0 Å². The molecule has 0 aliphatic heterocycles. The fourth-order valence-corrected chi connectivity index (χ4v) is 6.80. The van der Waals surface area contributed by atoms with E-state index in [1.165, 1.54) is 56.1 Å². The third-order valence-corrected chi connectivity index (χ3v) is 9.76. The van der Waals surface area contributed by atoms with Crippen LogP contribution < -0.4 is 0 Å². The van der Waals surface area contributed by atoms with Crippen LogP contribution in [0.15, 0.2) is 47.1 Å². The number of fused-ring (bicyclic) bond motifs is 2. The smallest absolute Gasteiger partial charge is 0.0197 e. The lowest BCUT2D eigenvalue weighted by Gasteiger charge is -2.51. The Hall–Kier alpha value is -1.04. The second-order valence-electron chi connectivity index (χ2n) is 12.1. The zero-order valence-electron chi connectivity index (χ0n) is 24.5. The number of rotatable bonds is 6. The Bertz CT molecular complexity index is 731. The maximum atomic E-state index is 4.20. The maximum Gasteiger partial charge on any atom is -0.0197 e. The van der Waals surface area contributed by atoms with Gasteiger partial charge in [0.25, 0.3) is 0 Å². The third-order valence-electron chi connectivity index (χ3n) is 9.76. The van der Waals surface area contributed by atoms with Crippen molar-refractivity contribution in [1.29, 1.82) is 0 Å². The molecule has 190 valence electrons. The van der Waals surface area contributed by atoms with E-state index in [1.807, 2.05) is 20.8 Å². The molecule has 0 aromatic heterocycles.